The second-order valence-corrected chi connectivity index (χ2v) is 8.68. The number of hydrogen-bond donors (Lipinski definition) is 0. The van der Waals surface area contributed by atoms with Gasteiger partial charge < -0.3 is 18.8 Å². The van der Waals surface area contributed by atoms with Crippen LogP contribution in [0.3, 0.4) is 0 Å². The van der Waals surface area contributed by atoms with Crippen LogP contribution in [0.4, 0.5) is 5.82 Å². The molecule has 0 amide bonds. The topological polar surface area (TPSA) is 73.0 Å². The van der Waals surface area contributed by atoms with Crippen LogP contribution in [0, 0.1) is 12.8 Å². The fourth-order valence-corrected chi connectivity index (χ4v) is 4.14. The lowest BCUT2D eigenvalue weighted by atomic mass is 10.2. The molecule has 2 aromatic heterocycles. The number of para-hydroxylation sites is 1. The number of nitrogens with zero attached hydrogens (tertiary/aromatic N) is 4. The van der Waals surface area contributed by atoms with Gasteiger partial charge in [-0.1, -0.05) is 26.0 Å². The molecule has 3 heterocycles. The highest BCUT2D eigenvalue weighted by atomic mass is 16.5. The Morgan fingerprint density at radius 3 is 2.87 bits per heavy atom. The van der Waals surface area contributed by atoms with Gasteiger partial charge >= 0.3 is 0 Å². The van der Waals surface area contributed by atoms with Crippen molar-refractivity contribution < 1.29 is 13.9 Å². The van der Waals surface area contributed by atoms with E-state index in [-0.39, 0.29) is 12.1 Å². The van der Waals surface area contributed by atoms with Gasteiger partial charge in [0.25, 0.3) is 0 Å². The molecule has 3 aromatic rings. The van der Waals surface area contributed by atoms with Gasteiger partial charge in [0.05, 0.1) is 13.2 Å². The van der Waals surface area contributed by atoms with Gasteiger partial charge in [0, 0.05) is 37.9 Å². The summed E-state index contributed by atoms with van der Waals surface area (Å²) in [5, 5.41) is 1.02. The molecule has 1 saturated heterocycles. The van der Waals surface area contributed by atoms with Crippen LogP contribution in [-0.2, 0) is 9.47 Å². The lowest BCUT2D eigenvalue weighted by molar-refractivity contribution is 0.109. The molecule has 166 valence electrons. The minimum absolute atomic E-state index is 0.0495. The van der Waals surface area contributed by atoms with Crippen molar-refractivity contribution in [3.05, 3.63) is 30.1 Å². The Morgan fingerprint density at radius 1 is 1.29 bits per heavy atom. The predicted octanol–water partition coefficient (Wildman–Crippen LogP) is 4.76. The summed E-state index contributed by atoms with van der Waals surface area (Å²) in [7, 11) is 1.78. The molecule has 7 nitrogen and oxygen atoms in total. The summed E-state index contributed by atoms with van der Waals surface area (Å²) in [6, 6.07) is 8.27. The third-order valence-electron chi connectivity index (χ3n) is 5.59. The Kier molecular flexibility index (Phi) is 6.41. The zero-order valence-corrected chi connectivity index (χ0v) is 19.1. The molecule has 0 radical (unpaired) electrons. The van der Waals surface area contributed by atoms with Crippen LogP contribution in [0.15, 0.2) is 33.7 Å². The Labute approximate surface area is 183 Å². The Bertz CT molecular complexity index is 1080. The maximum absolute atomic E-state index is 6.25. The number of ether oxygens (including phenoxy) is 2. The molecule has 0 saturated carbocycles. The van der Waals surface area contributed by atoms with E-state index >= 15 is 0 Å². The molecular formula is C24H32N4O3. The number of aryl methyl sites for hydroxylation is 1. The van der Waals surface area contributed by atoms with Gasteiger partial charge in [-0.15, -0.1) is 0 Å². The van der Waals surface area contributed by atoms with Crippen molar-refractivity contribution in [1.82, 2.24) is 9.97 Å². The number of furan rings is 1. The van der Waals surface area contributed by atoms with Crippen molar-refractivity contribution in [1.29, 1.82) is 0 Å². The number of anilines is 1. The first kappa shape index (κ1) is 21.6. The predicted molar refractivity (Wildman–Crippen MR) is 124 cm³/mol. The summed E-state index contributed by atoms with van der Waals surface area (Å²) in [4.78, 5) is 16.0. The molecule has 1 aromatic carbocycles. The van der Waals surface area contributed by atoms with Crippen LogP contribution in [0.2, 0.25) is 0 Å². The number of hydrogen-bond acceptors (Lipinski definition) is 7. The second kappa shape index (κ2) is 9.22. The minimum atomic E-state index is 0.0495. The van der Waals surface area contributed by atoms with Gasteiger partial charge in [0.2, 0.25) is 0 Å². The van der Waals surface area contributed by atoms with Crippen LogP contribution in [0.1, 0.15) is 39.4 Å². The monoisotopic (exact) mass is 424 g/mol. The van der Waals surface area contributed by atoms with E-state index in [1.807, 2.05) is 31.2 Å². The third-order valence-corrected chi connectivity index (χ3v) is 5.59. The first-order chi connectivity index (χ1) is 15.0. The molecule has 2 atom stereocenters. The van der Waals surface area contributed by atoms with E-state index in [2.05, 4.69) is 35.6 Å². The van der Waals surface area contributed by atoms with Crippen LogP contribution < -0.4 is 4.90 Å². The molecule has 1 aliphatic heterocycles. The zero-order valence-electron chi connectivity index (χ0n) is 19.1. The van der Waals surface area contributed by atoms with Crippen molar-refractivity contribution in [2.75, 3.05) is 31.7 Å². The number of aromatic nitrogens is 2. The van der Waals surface area contributed by atoms with Crippen molar-refractivity contribution >= 4 is 33.8 Å². The van der Waals surface area contributed by atoms with Crippen molar-refractivity contribution in [2.24, 2.45) is 10.9 Å². The number of fused-ring (bicyclic) bond motifs is 3. The summed E-state index contributed by atoms with van der Waals surface area (Å²) in [5.74, 6) is 2.85. The SMILES string of the molecule is CN=C(CCOCC(C)C)O[C@H]1C[C@@H](C)N(c2nc(C)nc3c2oc2ccccc23)C1. The van der Waals surface area contributed by atoms with E-state index < -0.39 is 0 Å². The standard InChI is InChI=1S/C24H32N4O3/c1-15(2)14-29-11-10-21(25-5)30-18-12-16(3)28(13-18)24-23-22(26-17(4)27-24)19-8-6-7-9-20(19)31-23/h6-9,15-16,18H,10-14H2,1-5H3/t16-,18+/m1/s1. The largest absolute Gasteiger partial charge is 0.476 e. The molecule has 1 fully saturated rings. The molecule has 0 spiro atoms. The van der Waals surface area contributed by atoms with Gasteiger partial charge in [-0.3, -0.25) is 4.99 Å². The lowest BCUT2D eigenvalue weighted by Crippen LogP contribution is -2.29. The van der Waals surface area contributed by atoms with E-state index in [0.29, 0.717) is 18.9 Å². The number of benzene rings is 1. The van der Waals surface area contributed by atoms with E-state index in [4.69, 9.17) is 18.9 Å². The molecule has 31 heavy (non-hydrogen) atoms. The van der Waals surface area contributed by atoms with Gasteiger partial charge in [-0.25, -0.2) is 9.97 Å². The highest BCUT2D eigenvalue weighted by Crippen LogP contribution is 2.36. The smallest absolute Gasteiger partial charge is 0.196 e. The summed E-state index contributed by atoms with van der Waals surface area (Å²) in [6.45, 7) is 10.5. The number of rotatable bonds is 7. The van der Waals surface area contributed by atoms with Crippen LogP contribution in [0.5, 0.6) is 0 Å². The Hall–Kier alpha value is -2.67. The van der Waals surface area contributed by atoms with Crippen molar-refractivity contribution in [3.8, 4) is 0 Å². The fraction of sp³-hybridized carbons (Fsp3) is 0.542. The van der Waals surface area contributed by atoms with Crippen LogP contribution >= 0.6 is 0 Å². The number of aliphatic imine (C=N–C) groups is 1. The first-order valence-corrected chi connectivity index (χ1v) is 11.1. The van der Waals surface area contributed by atoms with Gasteiger partial charge in [0.15, 0.2) is 17.3 Å². The van der Waals surface area contributed by atoms with E-state index in [1.54, 1.807) is 7.05 Å². The van der Waals surface area contributed by atoms with Crippen molar-refractivity contribution in [2.45, 2.75) is 52.7 Å². The maximum atomic E-state index is 6.25. The third kappa shape index (κ3) is 4.66. The van der Waals surface area contributed by atoms with Crippen LogP contribution in [-0.4, -0.2) is 54.8 Å². The molecule has 4 rings (SSSR count). The summed E-state index contributed by atoms with van der Waals surface area (Å²) in [6.07, 6.45) is 1.64. The summed E-state index contributed by atoms with van der Waals surface area (Å²) in [5.41, 5.74) is 2.44. The maximum Gasteiger partial charge on any atom is 0.196 e. The quantitative estimate of drug-likeness (QED) is 0.309. The molecule has 0 unspecified atom stereocenters. The molecule has 0 N–H and O–H groups in total. The van der Waals surface area contributed by atoms with Gasteiger partial charge in [-0.05, 0) is 31.9 Å². The highest BCUT2D eigenvalue weighted by molar-refractivity contribution is 6.05. The van der Waals surface area contributed by atoms with Gasteiger partial charge in [-0.2, -0.15) is 0 Å². The fourth-order valence-electron chi connectivity index (χ4n) is 4.14. The molecule has 0 aliphatic carbocycles. The lowest BCUT2D eigenvalue weighted by Gasteiger charge is -2.22. The van der Waals surface area contributed by atoms with Crippen molar-refractivity contribution in [3.63, 3.8) is 0 Å². The highest BCUT2D eigenvalue weighted by Gasteiger charge is 2.34. The first-order valence-electron chi connectivity index (χ1n) is 11.1. The van der Waals surface area contributed by atoms with E-state index in [9.17, 15) is 0 Å². The van der Waals surface area contributed by atoms with E-state index in [0.717, 1.165) is 59.2 Å². The molecule has 0 bridgehead atoms. The summed E-state index contributed by atoms with van der Waals surface area (Å²) < 4.78 is 18.1. The van der Waals surface area contributed by atoms with Gasteiger partial charge in [0.1, 0.15) is 23.0 Å². The average molecular weight is 425 g/mol. The van der Waals surface area contributed by atoms with Crippen LogP contribution in [0.25, 0.3) is 22.1 Å². The molecule has 7 heteroatoms. The normalized spacial score (nSPS) is 19.8. The molecular weight excluding hydrogens is 392 g/mol. The van der Waals surface area contributed by atoms with E-state index in [1.165, 1.54) is 0 Å². The second-order valence-electron chi connectivity index (χ2n) is 8.68. The Balaban J connectivity index is 1.51. The Morgan fingerprint density at radius 2 is 2.10 bits per heavy atom. The minimum Gasteiger partial charge on any atom is -0.476 e. The molecule has 1 aliphatic rings. The average Bonchev–Trinajstić information content (AvgIpc) is 3.29. The summed E-state index contributed by atoms with van der Waals surface area (Å²) >= 11 is 0. The zero-order chi connectivity index (χ0) is 22.0.